The van der Waals surface area contributed by atoms with Crippen LogP contribution in [0, 0.1) is 5.82 Å². The first-order chi connectivity index (χ1) is 10.2. The number of aromatic amines is 1. The molecular formula is C15H15FN2O3. The molecule has 21 heavy (non-hydrogen) atoms. The highest BCUT2D eigenvalue weighted by atomic mass is 19.1. The molecule has 1 heterocycles. The molecule has 1 aromatic carbocycles. The van der Waals surface area contributed by atoms with Crippen molar-refractivity contribution in [3.8, 4) is 0 Å². The van der Waals surface area contributed by atoms with Gasteiger partial charge in [0.1, 0.15) is 11.5 Å². The quantitative estimate of drug-likeness (QED) is 0.795. The number of hydrogen-bond donors (Lipinski definition) is 2. The number of nitrogens with one attached hydrogen (secondary N) is 2. The smallest absolute Gasteiger partial charge is 0.355 e. The van der Waals surface area contributed by atoms with Gasteiger partial charge >= 0.3 is 5.97 Å². The summed E-state index contributed by atoms with van der Waals surface area (Å²) in [6.07, 6.45) is 1.97. The number of benzene rings is 1. The third-order valence-corrected chi connectivity index (χ3v) is 2.83. The van der Waals surface area contributed by atoms with Crippen molar-refractivity contribution >= 4 is 11.9 Å². The van der Waals surface area contributed by atoms with Gasteiger partial charge < -0.3 is 15.0 Å². The molecule has 0 aliphatic rings. The van der Waals surface area contributed by atoms with Crippen molar-refractivity contribution in [1.82, 2.24) is 10.3 Å². The Bertz CT molecular complexity index is 611. The summed E-state index contributed by atoms with van der Waals surface area (Å²) in [6, 6.07) is 9.58. The van der Waals surface area contributed by atoms with Crippen molar-refractivity contribution in [1.29, 1.82) is 0 Å². The fraction of sp³-hybridized carbons (Fsp3) is 0.200. The topological polar surface area (TPSA) is 71.2 Å². The lowest BCUT2D eigenvalue weighted by Crippen LogP contribution is -2.30. The molecule has 0 saturated carbocycles. The number of ether oxygens (including phenoxy) is 1. The van der Waals surface area contributed by atoms with Gasteiger partial charge in [-0.1, -0.05) is 18.2 Å². The molecule has 0 unspecified atom stereocenters. The van der Waals surface area contributed by atoms with Crippen LogP contribution >= 0.6 is 0 Å². The van der Waals surface area contributed by atoms with Crippen LogP contribution in [-0.4, -0.2) is 30.0 Å². The van der Waals surface area contributed by atoms with Crippen LogP contribution < -0.4 is 5.32 Å². The average Bonchev–Trinajstić information content (AvgIpc) is 3.01. The fourth-order valence-electron chi connectivity index (χ4n) is 1.75. The predicted octanol–water partition coefficient (Wildman–Crippen LogP) is 1.67. The molecule has 2 N–H and O–H groups in total. The molecule has 0 aliphatic carbocycles. The maximum atomic E-state index is 13.3. The monoisotopic (exact) mass is 290 g/mol. The summed E-state index contributed by atoms with van der Waals surface area (Å²) in [4.78, 5) is 25.7. The van der Waals surface area contributed by atoms with Crippen LogP contribution in [0.4, 0.5) is 4.39 Å². The third-order valence-electron chi connectivity index (χ3n) is 2.83. The summed E-state index contributed by atoms with van der Waals surface area (Å²) in [6.45, 7) is -0.0883. The van der Waals surface area contributed by atoms with Crippen molar-refractivity contribution in [2.45, 2.75) is 6.42 Å². The van der Waals surface area contributed by atoms with Gasteiger partial charge in [0.15, 0.2) is 6.61 Å². The lowest BCUT2D eigenvalue weighted by atomic mass is 10.1. The van der Waals surface area contributed by atoms with E-state index < -0.39 is 11.9 Å². The molecule has 0 atom stereocenters. The van der Waals surface area contributed by atoms with E-state index in [0.717, 1.165) is 0 Å². The van der Waals surface area contributed by atoms with Crippen LogP contribution in [0.15, 0.2) is 42.6 Å². The highest BCUT2D eigenvalue weighted by Gasteiger charge is 2.10. The van der Waals surface area contributed by atoms with Crippen LogP contribution in [0.2, 0.25) is 0 Å². The highest BCUT2D eigenvalue weighted by Crippen LogP contribution is 2.06. The van der Waals surface area contributed by atoms with Crippen molar-refractivity contribution in [3.05, 3.63) is 59.7 Å². The van der Waals surface area contributed by atoms with E-state index in [0.29, 0.717) is 12.0 Å². The summed E-state index contributed by atoms with van der Waals surface area (Å²) in [5, 5.41) is 2.57. The first kappa shape index (κ1) is 14.8. The lowest BCUT2D eigenvalue weighted by molar-refractivity contribution is -0.124. The molecule has 5 nitrogen and oxygen atoms in total. The van der Waals surface area contributed by atoms with E-state index in [1.807, 2.05) is 0 Å². The molecule has 0 saturated heterocycles. The Hall–Kier alpha value is -2.63. The van der Waals surface area contributed by atoms with Gasteiger partial charge in [-0.2, -0.15) is 0 Å². The van der Waals surface area contributed by atoms with Crippen LogP contribution in [0.3, 0.4) is 0 Å². The van der Waals surface area contributed by atoms with Crippen molar-refractivity contribution < 1.29 is 18.7 Å². The summed E-state index contributed by atoms with van der Waals surface area (Å²) < 4.78 is 18.2. The molecule has 110 valence electrons. The summed E-state index contributed by atoms with van der Waals surface area (Å²) >= 11 is 0. The minimum atomic E-state index is -0.593. The Morgan fingerprint density at radius 1 is 1.19 bits per heavy atom. The van der Waals surface area contributed by atoms with E-state index in [9.17, 15) is 14.0 Å². The number of halogens is 1. The Balaban J connectivity index is 1.68. The highest BCUT2D eigenvalue weighted by molar-refractivity contribution is 5.89. The molecule has 0 aliphatic heterocycles. The second-order valence-electron chi connectivity index (χ2n) is 4.35. The molecule has 6 heteroatoms. The van der Waals surface area contributed by atoms with E-state index >= 15 is 0 Å². The number of H-pyrrole nitrogens is 1. The van der Waals surface area contributed by atoms with Gasteiger partial charge in [0.05, 0.1) is 0 Å². The number of aromatic nitrogens is 1. The zero-order valence-electron chi connectivity index (χ0n) is 11.3. The van der Waals surface area contributed by atoms with Crippen LogP contribution in [0.5, 0.6) is 0 Å². The second-order valence-corrected chi connectivity index (χ2v) is 4.35. The SMILES string of the molecule is O=C(COC(=O)c1ccc[nH]1)NCCc1ccccc1F. The minimum Gasteiger partial charge on any atom is -0.451 e. The Labute approximate surface area is 121 Å². The maximum Gasteiger partial charge on any atom is 0.355 e. The van der Waals surface area contributed by atoms with Gasteiger partial charge in [0.2, 0.25) is 0 Å². The number of esters is 1. The predicted molar refractivity (Wildman–Crippen MR) is 74.2 cm³/mol. The van der Waals surface area contributed by atoms with Gasteiger partial charge in [0.25, 0.3) is 5.91 Å². The van der Waals surface area contributed by atoms with Gasteiger partial charge in [-0.15, -0.1) is 0 Å². The maximum absolute atomic E-state index is 13.3. The molecule has 1 amide bonds. The first-order valence-corrected chi connectivity index (χ1v) is 6.47. The van der Waals surface area contributed by atoms with E-state index in [4.69, 9.17) is 4.74 Å². The van der Waals surface area contributed by atoms with Crippen LogP contribution in [0.1, 0.15) is 16.1 Å². The van der Waals surface area contributed by atoms with Gasteiger partial charge in [-0.25, -0.2) is 9.18 Å². The molecular weight excluding hydrogens is 275 g/mol. The van der Waals surface area contributed by atoms with E-state index in [-0.39, 0.29) is 24.7 Å². The molecule has 0 fully saturated rings. The average molecular weight is 290 g/mol. The number of amides is 1. The summed E-state index contributed by atoms with van der Waals surface area (Å²) in [5.41, 5.74) is 0.815. The number of carbonyl (C=O) groups is 2. The Morgan fingerprint density at radius 3 is 2.71 bits per heavy atom. The van der Waals surface area contributed by atoms with E-state index in [2.05, 4.69) is 10.3 Å². The number of rotatable bonds is 6. The molecule has 0 bridgehead atoms. The second kappa shape index (κ2) is 7.23. The summed E-state index contributed by atoms with van der Waals surface area (Å²) in [7, 11) is 0. The molecule has 0 spiro atoms. The Kier molecular flexibility index (Phi) is 5.09. The van der Waals surface area contributed by atoms with Crippen molar-refractivity contribution in [3.63, 3.8) is 0 Å². The summed E-state index contributed by atoms with van der Waals surface area (Å²) in [5.74, 6) is -1.32. The zero-order chi connectivity index (χ0) is 15.1. The minimum absolute atomic E-state index is 0.278. The zero-order valence-corrected chi connectivity index (χ0v) is 11.3. The van der Waals surface area contributed by atoms with Crippen LogP contribution in [-0.2, 0) is 16.0 Å². The third kappa shape index (κ3) is 4.45. The fourth-order valence-corrected chi connectivity index (χ4v) is 1.75. The number of carbonyl (C=O) groups excluding carboxylic acids is 2. The molecule has 2 aromatic rings. The number of hydrogen-bond acceptors (Lipinski definition) is 3. The molecule has 1 aromatic heterocycles. The largest absolute Gasteiger partial charge is 0.451 e. The van der Waals surface area contributed by atoms with Crippen LogP contribution in [0.25, 0.3) is 0 Å². The van der Waals surface area contributed by atoms with Gasteiger partial charge in [-0.3, -0.25) is 4.79 Å². The lowest BCUT2D eigenvalue weighted by Gasteiger charge is -2.06. The van der Waals surface area contributed by atoms with Crippen molar-refractivity contribution in [2.75, 3.05) is 13.2 Å². The van der Waals surface area contributed by atoms with Crippen molar-refractivity contribution in [2.24, 2.45) is 0 Å². The first-order valence-electron chi connectivity index (χ1n) is 6.47. The standard InChI is InChI=1S/C15H15FN2O3/c16-12-5-2-1-4-11(12)7-9-18-14(19)10-21-15(20)13-6-3-8-17-13/h1-6,8,17H,7,9-10H2,(H,18,19). The van der Waals surface area contributed by atoms with E-state index in [1.54, 1.807) is 36.5 Å². The van der Waals surface area contributed by atoms with Gasteiger partial charge in [0, 0.05) is 12.7 Å². The molecule has 2 rings (SSSR count). The molecule has 0 radical (unpaired) electrons. The van der Waals surface area contributed by atoms with E-state index in [1.165, 1.54) is 6.07 Å². The normalized spacial score (nSPS) is 10.1. The Morgan fingerprint density at radius 2 is 2.00 bits per heavy atom. The van der Waals surface area contributed by atoms with Gasteiger partial charge in [-0.05, 0) is 30.2 Å².